The van der Waals surface area contributed by atoms with Crippen molar-refractivity contribution in [2.45, 2.75) is 38.1 Å². The van der Waals surface area contributed by atoms with E-state index in [-0.39, 0.29) is 17.4 Å². The number of nitrogens with one attached hydrogen (secondary N) is 1. The molecule has 2 aliphatic heterocycles. The van der Waals surface area contributed by atoms with Gasteiger partial charge in [-0.05, 0) is 30.9 Å². The van der Waals surface area contributed by atoms with Crippen LogP contribution in [0.1, 0.15) is 49.1 Å². The molecule has 1 aromatic carbocycles. The van der Waals surface area contributed by atoms with Crippen molar-refractivity contribution in [2.75, 3.05) is 26.3 Å². The molecule has 2 aliphatic rings. The SMILES string of the molecule is CC1CN(Cc2nc3ccccc3n2C)CC1c1nn2c(C3CCOCC3)ncc2c(=O)[nH]1. The van der Waals surface area contributed by atoms with Crippen LogP contribution in [-0.2, 0) is 18.3 Å². The lowest BCUT2D eigenvalue weighted by Crippen LogP contribution is -2.24. The highest BCUT2D eigenvalue weighted by Gasteiger charge is 2.34. The van der Waals surface area contributed by atoms with Gasteiger partial charge in [0.2, 0.25) is 0 Å². The van der Waals surface area contributed by atoms with E-state index >= 15 is 0 Å². The maximum Gasteiger partial charge on any atom is 0.276 e. The molecule has 1 N–H and O–H groups in total. The molecule has 4 aromatic rings. The molecule has 172 valence electrons. The Balaban J connectivity index is 1.28. The molecular weight excluding hydrogens is 418 g/mol. The minimum Gasteiger partial charge on any atom is -0.381 e. The maximum absolute atomic E-state index is 12.9. The van der Waals surface area contributed by atoms with E-state index in [0.29, 0.717) is 11.4 Å². The van der Waals surface area contributed by atoms with Crippen LogP contribution < -0.4 is 5.56 Å². The number of fused-ring (bicyclic) bond motifs is 2. The second-order valence-electron chi connectivity index (χ2n) is 9.49. The van der Waals surface area contributed by atoms with Crippen LogP contribution in [0.15, 0.2) is 35.3 Å². The first-order chi connectivity index (χ1) is 16.1. The van der Waals surface area contributed by atoms with Crippen LogP contribution in [0.25, 0.3) is 16.6 Å². The topological polar surface area (TPSA) is 93.3 Å². The van der Waals surface area contributed by atoms with Gasteiger partial charge >= 0.3 is 0 Å². The fraction of sp³-hybridized carbons (Fsp3) is 0.500. The minimum absolute atomic E-state index is 0.119. The molecule has 6 rings (SSSR count). The average Bonchev–Trinajstić information content (AvgIpc) is 3.51. The van der Waals surface area contributed by atoms with Gasteiger partial charge in [-0.3, -0.25) is 9.69 Å². The summed E-state index contributed by atoms with van der Waals surface area (Å²) in [5.74, 6) is 3.48. The molecule has 2 fully saturated rings. The summed E-state index contributed by atoms with van der Waals surface area (Å²) in [6.45, 7) is 6.24. The molecule has 0 amide bonds. The normalized spacial score (nSPS) is 22.6. The van der Waals surface area contributed by atoms with Crippen molar-refractivity contribution in [1.82, 2.24) is 34.0 Å². The van der Waals surface area contributed by atoms with Crippen molar-refractivity contribution in [3.63, 3.8) is 0 Å². The van der Waals surface area contributed by atoms with Crippen LogP contribution in [0.5, 0.6) is 0 Å². The smallest absolute Gasteiger partial charge is 0.276 e. The summed E-state index contributed by atoms with van der Waals surface area (Å²) in [7, 11) is 2.07. The number of benzene rings is 1. The molecule has 9 heteroatoms. The first-order valence-corrected chi connectivity index (χ1v) is 11.8. The third-order valence-corrected chi connectivity index (χ3v) is 7.32. The maximum atomic E-state index is 12.9. The quantitative estimate of drug-likeness (QED) is 0.517. The second kappa shape index (κ2) is 8.07. The van der Waals surface area contributed by atoms with Gasteiger partial charge in [0.1, 0.15) is 17.5 Å². The van der Waals surface area contributed by atoms with Crippen LogP contribution in [0.2, 0.25) is 0 Å². The summed E-state index contributed by atoms with van der Waals surface area (Å²) in [6.07, 6.45) is 3.47. The van der Waals surface area contributed by atoms with E-state index in [9.17, 15) is 4.79 Å². The number of imidazole rings is 2. The summed E-state index contributed by atoms with van der Waals surface area (Å²) < 4.78 is 9.46. The summed E-state index contributed by atoms with van der Waals surface area (Å²) in [4.78, 5) is 27.7. The molecule has 2 atom stereocenters. The van der Waals surface area contributed by atoms with Crippen LogP contribution in [0, 0.1) is 5.92 Å². The fourth-order valence-corrected chi connectivity index (χ4v) is 5.42. The number of aryl methyl sites for hydroxylation is 1. The van der Waals surface area contributed by atoms with Crippen LogP contribution >= 0.6 is 0 Å². The van der Waals surface area contributed by atoms with Gasteiger partial charge in [-0.2, -0.15) is 5.10 Å². The second-order valence-corrected chi connectivity index (χ2v) is 9.49. The van der Waals surface area contributed by atoms with Crippen molar-refractivity contribution >= 4 is 16.6 Å². The van der Waals surface area contributed by atoms with Gasteiger partial charge in [0.15, 0.2) is 5.52 Å². The van der Waals surface area contributed by atoms with E-state index in [0.717, 1.165) is 74.2 Å². The van der Waals surface area contributed by atoms with Crippen molar-refractivity contribution in [3.8, 4) is 0 Å². The van der Waals surface area contributed by atoms with Gasteiger partial charge in [0, 0.05) is 45.2 Å². The number of hydrogen-bond acceptors (Lipinski definition) is 6. The van der Waals surface area contributed by atoms with Crippen LogP contribution in [-0.4, -0.2) is 60.3 Å². The van der Waals surface area contributed by atoms with Crippen LogP contribution in [0.4, 0.5) is 0 Å². The molecule has 0 bridgehead atoms. The summed E-state index contributed by atoms with van der Waals surface area (Å²) >= 11 is 0. The van der Waals surface area contributed by atoms with E-state index in [1.54, 1.807) is 10.7 Å². The third-order valence-electron chi connectivity index (χ3n) is 7.32. The number of H-pyrrole nitrogens is 1. The van der Waals surface area contributed by atoms with Crippen molar-refractivity contribution < 1.29 is 4.74 Å². The van der Waals surface area contributed by atoms with Gasteiger partial charge in [-0.1, -0.05) is 19.1 Å². The van der Waals surface area contributed by atoms with E-state index in [2.05, 4.69) is 45.5 Å². The largest absolute Gasteiger partial charge is 0.381 e. The molecule has 2 saturated heterocycles. The predicted octanol–water partition coefficient (Wildman–Crippen LogP) is 2.43. The Labute approximate surface area is 191 Å². The molecule has 0 saturated carbocycles. The number of hydrogen-bond donors (Lipinski definition) is 1. The number of aromatic nitrogens is 6. The number of likely N-dealkylation sites (tertiary alicyclic amines) is 1. The third kappa shape index (κ3) is 3.55. The van der Waals surface area contributed by atoms with Gasteiger partial charge in [0.25, 0.3) is 5.56 Å². The molecule has 5 heterocycles. The lowest BCUT2D eigenvalue weighted by Gasteiger charge is -2.21. The summed E-state index contributed by atoms with van der Waals surface area (Å²) in [5.41, 5.74) is 2.57. The van der Waals surface area contributed by atoms with Crippen molar-refractivity contribution in [2.24, 2.45) is 13.0 Å². The lowest BCUT2D eigenvalue weighted by atomic mass is 9.97. The van der Waals surface area contributed by atoms with E-state index in [4.69, 9.17) is 14.8 Å². The van der Waals surface area contributed by atoms with E-state index < -0.39 is 0 Å². The van der Waals surface area contributed by atoms with Gasteiger partial charge in [-0.15, -0.1) is 0 Å². The Morgan fingerprint density at radius 3 is 2.79 bits per heavy atom. The average molecular weight is 448 g/mol. The van der Waals surface area contributed by atoms with E-state index in [1.165, 1.54) is 0 Å². The standard InChI is InChI=1S/C24H29N7O2/c1-15-12-30(14-21-26-18-5-3-4-6-19(18)29(21)2)13-17(15)22-27-24(32)20-11-25-23(31(20)28-22)16-7-9-33-10-8-16/h3-6,11,15-17H,7-10,12-14H2,1-2H3,(H,27,28,32). The Hall–Kier alpha value is -3.04. The number of para-hydroxylation sites is 2. The number of rotatable bonds is 4. The zero-order chi connectivity index (χ0) is 22.5. The molecule has 9 nitrogen and oxygen atoms in total. The van der Waals surface area contributed by atoms with Crippen LogP contribution in [0.3, 0.4) is 0 Å². The zero-order valence-corrected chi connectivity index (χ0v) is 19.1. The highest BCUT2D eigenvalue weighted by Crippen LogP contribution is 2.32. The molecule has 0 radical (unpaired) electrons. The first kappa shape index (κ1) is 20.6. The number of ether oxygens (including phenoxy) is 1. The lowest BCUT2D eigenvalue weighted by molar-refractivity contribution is 0.0832. The summed E-state index contributed by atoms with van der Waals surface area (Å²) in [5, 5.41) is 4.91. The summed E-state index contributed by atoms with van der Waals surface area (Å²) in [6, 6.07) is 8.23. The number of aromatic amines is 1. The highest BCUT2D eigenvalue weighted by molar-refractivity contribution is 5.75. The molecule has 0 spiro atoms. The Morgan fingerprint density at radius 1 is 1.15 bits per heavy atom. The molecule has 33 heavy (non-hydrogen) atoms. The molecule has 3 aromatic heterocycles. The molecule has 2 unspecified atom stereocenters. The van der Waals surface area contributed by atoms with Gasteiger partial charge in [0.05, 0.1) is 23.8 Å². The zero-order valence-electron chi connectivity index (χ0n) is 19.1. The monoisotopic (exact) mass is 447 g/mol. The Morgan fingerprint density at radius 2 is 1.97 bits per heavy atom. The Bertz CT molecular complexity index is 1360. The fourth-order valence-electron chi connectivity index (χ4n) is 5.42. The van der Waals surface area contributed by atoms with E-state index in [1.807, 2.05) is 12.1 Å². The highest BCUT2D eigenvalue weighted by atomic mass is 16.5. The predicted molar refractivity (Wildman–Crippen MR) is 124 cm³/mol. The van der Waals surface area contributed by atoms with Gasteiger partial charge in [-0.25, -0.2) is 14.5 Å². The number of nitrogens with zero attached hydrogens (tertiary/aromatic N) is 6. The van der Waals surface area contributed by atoms with Crippen molar-refractivity contribution in [3.05, 3.63) is 58.3 Å². The van der Waals surface area contributed by atoms with Gasteiger partial charge < -0.3 is 14.3 Å². The van der Waals surface area contributed by atoms with Crippen molar-refractivity contribution in [1.29, 1.82) is 0 Å². The minimum atomic E-state index is -0.119. The molecular formula is C24H29N7O2. The Kier molecular flexibility index (Phi) is 5.03. The first-order valence-electron chi connectivity index (χ1n) is 11.8. The molecule has 0 aliphatic carbocycles.